The second kappa shape index (κ2) is 7.05. The molecule has 21 heavy (non-hydrogen) atoms. The van der Waals surface area contributed by atoms with Gasteiger partial charge in [0.1, 0.15) is 0 Å². The van der Waals surface area contributed by atoms with Gasteiger partial charge in [-0.05, 0) is 19.2 Å². The third kappa shape index (κ3) is 3.93. The van der Waals surface area contributed by atoms with Crippen molar-refractivity contribution < 1.29 is 4.74 Å². The van der Waals surface area contributed by atoms with Crippen LogP contribution in [0.1, 0.15) is 0 Å². The van der Waals surface area contributed by atoms with Crippen molar-refractivity contribution in [3.05, 3.63) is 28.8 Å². The number of nitrogens with two attached hydrogens (primary N) is 1. The zero-order valence-electron chi connectivity index (χ0n) is 12.3. The maximum absolute atomic E-state index is 11.7. The van der Waals surface area contributed by atoms with Gasteiger partial charge >= 0.3 is 0 Å². The van der Waals surface area contributed by atoms with E-state index >= 15 is 0 Å². The smallest absolute Gasteiger partial charge is 0.258 e. The molecular weight excluding hydrogens is 270 g/mol. The van der Waals surface area contributed by atoms with E-state index in [1.54, 1.807) is 19.2 Å². The summed E-state index contributed by atoms with van der Waals surface area (Å²) in [6.45, 7) is 3.20. The van der Waals surface area contributed by atoms with Crippen LogP contribution in [0.2, 0.25) is 0 Å². The molecule has 0 saturated heterocycles. The monoisotopic (exact) mass is 291 g/mol. The Balaban J connectivity index is 2.02. The molecule has 0 aliphatic rings. The van der Waals surface area contributed by atoms with Crippen molar-refractivity contribution in [1.29, 1.82) is 0 Å². The number of nitrogens with zero attached hydrogens (tertiary/aromatic N) is 2. The number of likely N-dealkylation sites (N-methyl/N-ethyl adjacent to an activating group) is 1. The van der Waals surface area contributed by atoms with Gasteiger partial charge in [-0.2, -0.15) is 0 Å². The van der Waals surface area contributed by atoms with Crippen LogP contribution in [0.4, 0.5) is 11.4 Å². The lowest BCUT2D eigenvalue weighted by Gasteiger charge is -2.17. The van der Waals surface area contributed by atoms with Crippen LogP contribution < -0.4 is 16.6 Å². The minimum absolute atomic E-state index is 0.183. The number of rotatable bonds is 7. The summed E-state index contributed by atoms with van der Waals surface area (Å²) >= 11 is 0. The third-order valence-corrected chi connectivity index (χ3v) is 3.30. The summed E-state index contributed by atoms with van der Waals surface area (Å²) < 4.78 is 5.03. The van der Waals surface area contributed by atoms with Gasteiger partial charge < -0.3 is 25.7 Å². The summed E-state index contributed by atoms with van der Waals surface area (Å²) in [5.41, 5.74) is 7.76. The van der Waals surface area contributed by atoms with Crippen molar-refractivity contribution in [3.63, 3.8) is 0 Å². The Hall–Kier alpha value is -2.12. The molecule has 0 spiro atoms. The normalized spacial score (nSPS) is 11.2. The first-order chi connectivity index (χ1) is 10.1. The van der Waals surface area contributed by atoms with Crippen LogP contribution in [0.5, 0.6) is 0 Å². The minimum Gasteiger partial charge on any atom is -0.397 e. The summed E-state index contributed by atoms with van der Waals surface area (Å²) in [6, 6.07) is 3.45. The Kier molecular flexibility index (Phi) is 5.13. The molecule has 4 N–H and O–H groups in total. The number of ether oxygens (including phenoxy) is 1. The van der Waals surface area contributed by atoms with Crippen LogP contribution in [0, 0.1) is 0 Å². The number of nitrogens with one attached hydrogen (secondary N) is 2. The van der Waals surface area contributed by atoms with Crippen LogP contribution >= 0.6 is 0 Å². The largest absolute Gasteiger partial charge is 0.397 e. The topological polar surface area (TPSA) is 96.3 Å². The molecule has 0 fully saturated rings. The number of nitrogen functional groups attached to an aromatic ring is 1. The fourth-order valence-corrected chi connectivity index (χ4v) is 2.03. The molecule has 7 nitrogen and oxygen atoms in total. The second-order valence-electron chi connectivity index (χ2n) is 4.91. The molecule has 2 rings (SSSR count). The highest BCUT2D eigenvalue weighted by Crippen LogP contribution is 2.22. The SMILES string of the molecule is COCCN(C)CCNc1cc2nc[nH]c(=O)c2cc1N. The van der Waals surface area contributed by atoms with Gasteiger partial charge in [0.25, 0.3) is 5.56 Å². The Morgan fingerprint density at radius 2 is 2.24 bits per heavy atom. The molecule has 1 aromatic heterocycles. The summed E-state index contributed by atoms with van der Waals surface area (Å²) in [7, 11) is 3.72. The van der Waals surface area contributed by atoms with Crippen molar-refractivity contribution in [2.45, 2.75) is 0 Å². The summed E-state index contributed by atoms with van der Waals surface area (Å²) in [6.07, 6.45) is 1.39. The highest BCUT2D eigenvalue weighted by Gasteiger charge is 2.06. The van der Waals surface area contributed by atoms with Crippen molar-refractivity contribution in [2.75, 3.05) is 51.4 Å². The standard InChI is InChI=1S/C14H21N5O2/c1-19(5-6-21-2)4-3-16-13-8-12-10(7-11(13)15)14(20)18-9-17-12/h7-9,16H,3-6,15H2,1-2H3,(H,17,18,20). The molecule has 0 amide bonds. The van der Waals surface area contributed by atoms with Crippen LogP contribution in [-0.2, 0) is 4.74 Å². The van der Waals surface area contributed by atoms with Crippen molar-refractivity contribution in [1.82, 2.24) is 14.9 Å². The number of hydrogen-bond acceptors (Lipinski definition) is 6. The molecular formula is C14H21N5O2. The molecule has 1 aromatic carbocycles. The van der Waals surface area contributed by atoms with Crippen LogP contribution in [0.3, 0.4) is 0 Å². The first-order valence-corrected chi connectivity index (χ1v) is 6.80. The van der Waals surface area contributed by atoms with Gasteiger partial charge in [0.15, 0.2) is 0 Å². The van der Waals surface area contributed by atoms with Gasteiger partial charge in [-0.3, -0.25) is 4.79 Å². The Morgan fingerprint density at radius 1 is 1.43 bits per heavy atom. The number of anilines is 2. The van der Waals surface area contributed by atoms with Crippen molar-refractivity contribution in [2.24, 2.45) is 0 Å². The number of hydrogen-bond donors (Lipinski definition) is 3. The van der Waals surface area contributed by atoms with Crippen LogP contribution in [0.15, 0.2) is 23.3 Å². The Bertz CT molecular complexity index is 655. The molecule has 7 heteroatoms. The molecule has 1 heterocycles. The fraction of sp³-hybridized carbons (Fsp3) is 0.429. The van der Waals surface area contributed by atoms with Crippen molar-refractivity contribution in [3.8, 4) is 0 Å². The highest BCUT2D eigenvalue weighted by atomic mass is 16.5. The average molecular weight is 291 g/mol. The van der Waals surface area contributed by atoms with Gasteiger partial charge in [0.2, 0.25) is 0 Å². The summed E-state index contributed by atoms with van der Waals surface area (Å²) in [5.74, 6) is 0. The minimum atomic E-state index is -0.183. The number of aromatic nitrogens is 2. The van der Waals surface area contributed by atoms with E-state index in [0.29, 0.717) is 23.2 Å². The van der Waals surface area contributed by atoms with E-state index in [2.05, 4.69) is 20.2 Å². The van der Waals surface area contributed by atoms with E-state index in [-0.39, 0.29) is 5.56 Å². The predicted molar refractivity (Wildman–Crippen MR) is 84.6 cm³/mol. The summed E-state index contributed by atoms with van der Waals surface area (Å²) in [4.78, 5) is 20.5. The Labute approximate surface area is 123 Å². The molecule has 0 bridgehead atoms. The van der Waals surface area contributed by atoms with E-state index in [9.17, 15) is 4.79 Å². The maximum Gasteiger partial charge on any atom is 0.258 e. The number of methoxy groups -OCH3 is 1. The maximum atomic E-state index is 11.7. The summed E-state index contributed by atoms with van der Waals surface area (Å²) in [5, 5.41) is 3.77. The number of fused-ring (bicyclic) bond motifs is 1. The lowest BCUT2D eigenvalue weighted by molar-refractivity contribution is 0.163. The molecule has 0 atom stereocenters. The predicted octanol–water partition coefficient (Wildman–Crippen LogP) is 0.495. The molecule has 0 aliphatic carbocycles. The molecule has 0 aliphatic heterocycles. The zero-order chi connectivity index (χ0) is 15.2. The van der Waals surface area contributed by atoms with E-state index in [1.807, 2.05) is 7.05 Å². The zero-order valence-corrected chi connectivity index (χ0v) is 12.3. The third-order valence-electron chi connectivity index (χ3n) is 3.30. The number of benzene rings is 1. The number of H-pyrrole nitrogens is 1. The quantitative estimate of drug-likeness (QED) is 0.643. The van der Waals surface area contributed by atoms with Crippen molar-refractivity contribution >= 4 is 22.3 Å². The van der Waals surface area contributed by atoms with Crippen LogP contribution in [-0.4, -0.2) is 55.3 Å². The molecule has 2 aromatic rings. The van der Waals surface area contributed by atoms with Gasteiger partial charge in [-0.15, -0.1) is 0 Å². The van der Waals surface area contributed by atoms with E-state index in [1.165, 1.54) is 6.33 Å². The van der Waals surface area contributed by atoms with Crippen LogP contribution in [0.25, 0.3) is 10.9 Å². The van der Waals surface area contributed by atoms with Gasteiger partial charge in [-0.1, -0.05) is 0 Å². The Morgan fingerprint density at radius 3 is 3.00 bits per heavy atom. The first kappa shape index (κ1) is 15.3. The lowest BCUT2D eigenvalue weighted by Crippen LogP contribution is -2.28. The molecule has 0 radical (unpaired) electrons. The molecule has 0 saturated carbocycles. The fourth-order valence-electron chi connectivity index (χ4n) is 2.03. The van der Waals surface area contributed by atoms with E-state index < -0.39 is 0 Å². The van der Waals surface area contributed by atoms with E-state index in [4.69, 9.17) is 10.5 Å². The van der Waals surface area contributed by atoms with Gasteiger partial charge in [-0.25, -0.2) is 4.98 Å². The first-order valence-electron chi connectivity index (χ1n) is 6.80. The lowest BCUT2D eigenvalue weighted by atomic mass is 10.2. The highest BCUT2D eigenvalue weighted by molar-refractivity contribution is 5.88. The molecule has 0 unspecified atom stereocenters. The van der Waals surface area contributed by atoms with Gasteiger partial charge in [0.05, 0.1) is 35.2 Å². The average Bonchev–Trinajstić information content (AvgIpc) is 2.47. The van der Waals surface area contributed by atoms with E-state index in [0.717, 1.165) is 25.3 Å². The second-order valence-corrected chi connectivity index (χ2v) is 4.91. The number of aromatic amines is 1. The van der Waals surface area contributed by atoms with Gasteiger partial charge in [0, 0.05) is 26.7 Å². The molecule has 114 valence electrons.